The zero-order valence-electron chi connectivity index (χ0n) is 10.6. The van der Waals surface area contributed by atoms with Crippen LogP contribution in [0.2, 0.25) is 6.04 Å². The SMILES string of the molecule is CO[Si](CO)(CCCNC(C)(C)C)OC. The molecule has 0 fully saturated rings. The number of aliphatic hydroxyl groups excluding tert-OH is 1. The van der Waals surface area contributed by atoms with Gasteiger partial charge in [0.2, 0.25) is 0 Å². The van der Waals surface area contributed by atoms with Gasteiger partial charge in [0.1, 0.15) is 0 Å². The van der Waals surface area contributed by atoms with Crippen molar-refractivity contribution in [2.75, 3.05) is 27.0 Å². The highest BCUT2D eigenvalue weighted by molar-refractivity contribution is 6.67. The molecule has 0 aromatic rings. The highest BCUT2D eigenvalue weighted by Gasteiger charge is 2.34. The maximum absolute atomic E-state index is 9.23. The fourth-order valence-corrected chi connectivity index (χ4v) is 3.02. The van der Waals surface area contributed by atoms with Crippen molar-refractivity contribution >= 4 is 8.56 Å². The van der Waals surface area contributed by atoms with E-state index < -0.39 is 8.56 Å². The van der Waals surface area contributed by atoms with Crippen LogP contribution in [-0.2, 0) is 8.85 Å². The molecule has 0 saturated carbocycles. The molecule has 0 aliphatic carbocycles. The van der Waals surface area contributed by atoms with Gasteiger partial charge in [-0.2, -0.15) is 0 Å². The fourth-order valence-electron chi connectivity index (χ4n) is 1.32. The summed E-state index contributed by atoms with van der Waals surface area (Å²) in [5.74, 6) is 0. The van der Waals surface area contributed by atoms with Crippen LogP contribution in [0.25, 0.3) is 0 Å². The number of hydrogen-bond donors (Lipinski definition) is 2. The molecule has 0 bridgehead atoms. The Balaban J connectivity index is 3.82. The molecule has 0 saturated heterocycles. The smallest absolute Gasteiger partial charge is 0.364 e. The Kier molecular flexibility index (Phi) is 6.62. The summed E-state index contributed by atoms with van der Waals surface area (Å²) < 4.78 is 10.6. The second kappa shape index (κ2) is 6.60. The second-order valence-electron chi connectivity index (χ2n) is 4.76. The summed E-state index contributed by atoms with van der Waals surface area (Å²) in [5.41, 5.74) is 0.142. The molecule has 0 aliphatic rings. The molecule has 92 valence electrons. The normalized spacial score (nSPS) is 13.2. The summed E-state index contributed by atoms with van der Waals surface area (Å²) in [6, 6.07) is 0.819. The van der Waals surface area contributed by atoms with Crippen molar-refractivity contribution in [2.24, 2.45) is 0 Å². The minimum absolute atomic E-state index is 0.0233. The maximum Gasteiger partial charge on any atom is 0.364 e. The lowest BCUT2D eigenvalue weighted by atomic mass is 10.1. The third kappa shape index (κ3) is 6.27. The average Bonchev–Trinajstić information content (AvgIpc) is 2.18. The zero-order chi connectivity index (χ0) is 11.9. The lowest BCUT2D eigenvalue weighted by Crippen LogP contribution is -2.45. The van der Waals surface area contributed by atoms with E-state index in [4.69, 9.17) is 8.85 Å². The molecule has 0 rings (SSSR count). The molecule has 5 heteroatoms. The van der Waals surface area contributed by atoms with Crippen LogP contribution in [-0.4, -0.2) is 46.2 Å². The van der Waals surface area contributed by atoms with Crippen molar-refractivity contribution in [2.45, 2.75) is 38.8 Å². The highest BCUT2D eigenvalue weighted by Crippen LogP contribution is 2.13. The minimum atomic E-state index is -2.30. The van der Waals surface area contributed by atoms with Gasteiger partial charge in [-0.25, -0.2) is 0 Å². The van der Waals surface area contributed by atoms with E-state index in [1.807, 2.05) is 0 Å². The van der Waals surface area contributed by atoms with Gasteiger partial charge >= 0.3 is 8.56 Å². The van der Waals surface area contributed by atoms with Crippen molar-refractivity contribution in [3.8, 4) is 0 Å². The third-order valence-electron chi connectivity index (χ3n) is 2.37. The predicted octanol–water partition coefficient (Wildman–Crippen LogP) is 1.03. The number of aliphatic hydroxyl groups is 1. The van der Waals surface area contributed by atoms with Crippen LogP contribution in [0.3, 0.4) is 0 Å². The molecule has 0 heterocycles. The third-order valence-corrected chi connectivity index (χ3v) is 5.46. The van der Waals surface area contributed by atoms with Crippen molar-refractivity contribution in [1.82, 2.24) is 5.32 Å². The molecule has 0 aliphatic heterocycles. The molecule has 0 atom stereocenters. The van der Waals surface area contributed by atoms with Crippen LogP contribution in [0.15, 0.2) is 0 Å². The highest BCUT2D eigenvalue weighted by atomic mass is 28.4. The lowest BCUT2D eigenvalue weighted by Gasteiger charge is -2.26. The van der Waals surface area contributed by atoms with Crippen LogP contribution in [0.4, 0.5) is 0 Å². The zero-order valence-corrected chi connectivity index (χ0v) is 11.6. The van der Waals surface area contributed by atoms with Gasteiger partial charge in [0.25, 0.3) is 0 Å². The van der Waals surface area contributed by atoms with E-state index in [9.17, 15) is 5.11 Å². The predicted molar refractivity (Wildman–Crippen MR) is 64.0 cm³/mol. The molecule has 15 heavy (non-hydrogen) atoms. The van der Waals surface area contributed by atoms with Crippen molar-refractivity contribution in [3.05, 3.63) is 0 Å². The minimum Gasteiger partial charge on any atom is -0.396 e. The summed E-state index contributed by atoms with van der Waals surface area (Å²) in [6.07, 6.45) is 0.987. The molecule has 0 amide bonds. The van der Waals surface area contributed by atoms with Gasteiger partial charge in [0.15, 0.2) is 0 Å². The summed E-state index contributed by atoms with van der Waals surface area (Å²) >= 11 is 0. The molecular weight excluding hydrogens is 210 g/mol. The summed E-state index contributed by atoms with van der Waals surface area (Å²) in [7, 11) is 0.930. The summed E-state index contributed by atoms with van der Waals surface area (Å²) in [5, 5.41) is 12.6. The summed E-state index contributed by atoms with van der Waals surface area (Å²) in [4.78, 5) is 0. The molecule has 0 aromatic heterocycles. The molecule has 0 aromatic carbocycles. The van der Waals surface area contributed by atoms with E-state index in [1.165, 1.54) is 0 Å². The Morgan fingerprint density at radius 2 is 1.73 bits per heavy atom. The van der Waals surface area contributed by atoms with Gasteiger partial charge in [0, 0.05) is 19.8 Å². The van der Waals surface area contributed by atoms with Gasteiger partial charge in [-0.05, 0) is 39.8 Å². The molecule has 0 radical (unpaired) electrons. The van der Waals surface area contributed by atoms with Crippen LogP contribution >= 0.6 is 0 Å². The first kappa shape index (κ1) is 15.1. The molecular formula is C10H25NO3Si. The van der Waals surface area contributed by atoms with E-state index >= 15 is 0 Å². The van der Waals surface area contributed by atoms with Crippen LogP contribution in [0.5, 0.6) is 0 Å². The van der Waals surface area contributed by atoms with Gasteiger partial charge in [-0.15, -0.1) is 0 Å². The van der Waals surface area contributed by atoms with Crippen LogP contribution in [0.1, 0.15) is 27.2 Å². The van der Waals surface area contributed by atoms with Crippen molar-refractivity contribution < 1.29 is 14.0 Å². The standard InChI is InChI=1S/C10H25NO3Si/c1-10(2,3)11-7-6-8-15(9-12,13-4)14-5/h11-12H,6-9H2,1-5H3. The Labute approximate surface area is 94.2 Å². The van der Waals surface area contributed by atoms with Crippen molar-refractivity contribution in [1.29, 1.82) is 0 Å². The van der Waals surface area contributed by atoms with E-state index in [-0.39, 0.29) is 11.8 Å². The Morgan fingerprint density at radius 3 is 2.07 bits per heavy atom. The number of nitrogens with one attached hydrogen (secondary N) is 1. The fraction of sp³-hybridized carbons (Fsp3) is 1.00. The van der Waals surface area contributed by atoms with Gasteiger partial charge in [-0.1, -0.05) is 0 Å². The number of hydrogen-bond acceptors (Lipinski definition) is 4. The largest absolute Gasteiger partial charge is 0.396 e. The molecule has 4 nitrogen and oxygen atoms in total. The molecule has 0 unspecified atom stereocenters. The Bertz CT molecular complexity index is 158. The summed E-state index contributed by atoms with van der Waals surface area (Å²) in [6.45, 7) is 7.33. The quantitative estimate of drug-likeness (QED) is 0.511. The van der Waals surface area contributed by atoms with E-state index in [1.54, 1.807) is 14.2 Å². The topological polar surface area (TPSA) is 50.7 Å². The lowest BCUT2D eigenvalue weighted by molar-refractivity contribution is 0.195. The van der Waals surface area contributed by atoms with E-state index in [0.717, 1.165) is 19.0 Å². The van der Waals surface area contributed by atoms with E-state index in [0.29, 0.717) is 0 Å². The monoisotopic (exact) mass is 235 g/mol. The first-order valence-electron chi connectivity index (χ1n) is 5.35. The average molecular weight is 235 g/mol. The number of rotatable bonds is 7. The Hall–Kier alpha value is 0.0569. The first-order valence-corrected chi connectivity index (χ1v) is 7.58. The maximum atomic E-state index is 9.23. The van der Waals surface area contributed by atoms with Crippen LogP contribution < -0.4 is 5.32 Å². The first-order chi connectivity index (χ1) is 6.89. The molecule has 0 spiro atoms. The van der Waals surface area contributed by atoms with Crippen LogP contribution in [0, 0.1) is 0 Å². The molecule has 2 N–H and O–H groups in total. The van der Waals surface area contributed by atoms with Crippen molar-refractivity contribution in [3.63, 3.8) is 0 Å². The van der Waals surface area contributed by atoms with Gasteiger partial charge < -0.3 is 19.3 Å². The second-order valence-corrected chi connectivity index (χ2v) is 8.21. The Morgan fingerprint density at radius 1 is 1.20 bits per heavy atom. The van der Waals surface area contributed by atoms with Gasteiger partial charge in [0.05, 0.1) is 6.23 Å². The van der Waals surface area contributed by atoms with Gasteiger partial charge in [-0.3, -0.25) is 0 Å². The van der Waals surface area contributed by atoms with E-state index in [2.05, 4.69) is 26.1 Å².